The Morgan fingerprint density at radius 3 is 2.73 bits per heavy atom. The highest BCUT2D eigenvalue weighted by molar-refractivity contribution is 6.30. The molecule has 1 heterocycles. The molecule has 78 valence electrons. The summed E-state index contributed by atoms with van der Waals surface area (Å²) in [6.45, 7) is 0. The monoisotopic (exact) mass is 243 g/mol. The fourth-order valence-corrected chi connectivity index (χ4v) is 1.50. The number of H-pyrrole nitrogens is 1. The average Bonchev–Trinajstić information content (AvgIpc) is 2.64. The minimum atomic E-state index is 0.238. The van der Waals surface area contributed by atoms with Crippen LogP contribution in [-0.4, -0.2) is 22.3 Å². The van der Waals surface area contributed by atoms with Crippen LogP contribution < -0.4 is 4.74 Å². The van der Waals surface area contributed by atoms with Gasteiger partial charge in [-0.1, -0.05) is 11.6 Å². The van der Waals surface area contributed by atoms with Gasteiger partial charge < -0.3 is 4.74 Å². The Balaban J connectivity index is 2.52. The minimum Gasteiger partial charge on any atom is -0.496 e. The van der Waals surface area contributed by atoms with Gasteiger partial charge in [0.1, 0.15) is 5.75 Å². The van der Waals surface area contributed by atoms with Crippen molar-refractivity contribution in [3.05, 3.63) is 28.5 Å². The zero-order valence-corrected chi connectivity index (χ0v) is 9.30. The van der Waals surface area contributed by atoms with E-state index in [1.165, 1.54) is 0 Å². The van der Waals surface area contributed by atoms with Gasteiger partial charge in [0.15, 0.2) is 5.82 Å². The Labute approximate surface area is 96.2 Å². The molecule has 0 bridgehead atoms. The number of aromatic amines is 1. The van der Waals surface area contributed by atoms with Crippen LogP contribution >= 0.6 is 23.2 Å². The maximum atomic E-state index is 5.83. The zero-order valence-electron chi connectivity index (χ0n) is 7.79. The van der Waals surface area contributed by atoms with Crippen molar-refractivity contribution < 1.29 is 4.74 Å². The largest absolute Gasteiger partial charge is 0.496 e. The summed E-state index contributed by atoms with van der Waals surface area (Å²) >= 11 is 11.5. The van der Waals surface area contributed by atoms with E-state index in [4.69, 9.17) is 27.9 Å². The molecular weight excluding hydrogens is 237 g/mol. The molecule has 2 aromatic rings. The van der Waals surface area contributed by atoms with E-state index >= 15 is 0 Å². The molecular formula is C9H7Cl2N3O. The Bertz CT molecular complexity index is 484. The third-order valence-corrected chi connectivity index (χ3v) is 2.27. The van der Waals surface area contributed by atoms with Gasteiger partial charge in [-0.05, 0) is 29.8 Å². The van der Waals surface area contributed by atoms with E-state index in [-0.39, 0.29) is 5.28 Å². The predicted molar refractivity (Wildman–Crippen MR) is 58.4 cm³/mol. The summed E-state index contributed by atoms with van der Waals surface area (Å²) in [6, 6.07) is 5.21. The summed E-state index contributed by atoms with van der Waals surface area (Å²) in [4.78, 5) is 3.99. The highest BCUT2D eigenvalue weighted by Crippen LogP contribution is 2.30. The predicted octanol–water partition coefficient (Wildman–Crippen LogP) is 2.79. The highest BCUT2D eigenvalue weighted by Gasteiger charge is 2.10. The van der Waals surface area contributed by atoms with E-state index in [0.29, 0.717) is 16.6 Å². The molecule has 0 unspecified atom stereocenters. The second-order valence-corrected chi connectivity index (χ2v) is 3.59. The van der Waals surface area contributed by atoms with Crippen LogP contribution in [0.2, 0.25) is 10.3 Å². The second-order valence-electron chi connectivity index (χ2n) is 2.79. The fourth-order valence-electron chi connectivity index (χ4n) is 1.21. The van der Waals surface area contributed by atoms with Crippen molar-refractivity contribution in [2.45, 2.75) is 0 Å². The minimum absolute atomic E-state index is 0.238. The van der Waals surface area contributed by atoms with E-state index in [1.54, 1.807) is 25.3 Å². The number of methoxy groups -OCH3 is 1. The van der Waals surface area contributed by atoms with Crippen molar-refractivity contribution in [1.29, 1.82) is 0 Å². The zero-order chi connectivity index (χ0) is 10.8. The number of halogens is 2. The molecule has 0 aliphatic heterocycles. The van der Waals surface area contributed by atoms with Gasteiger partial charge in [-0.3, -0.25) is 0 Å². The van der Waals surface area contributed by atoms with E-state index in [9.17, 15) is 0 Å². The van der Waals surface area contributed by atoms with Crippen LogP contribution in [0.1, 0.15) is 0 Å². The Morgan fingerprint density at radius 1 is 1.33 bits per heavy atom. The summed E-state index contributed by atoms with van der Waals surface area (Å²) in [5.74, 6) is 1.09. The second kappa shape index (κ2) is 4.08. The van der Waals surface area contributed by atoms with Crippen LogP contribution in [0, 0.1) is 0 Å². The summed E-state index contributed by atoms with van der Waals surface area (Å²) in [7, 11) is 1.56. The number of ether oxygens (including phenoxy) is 1. The van der Waals surface area contributed by atoms with Gasteiger partial charge in [-0.15, -0.1) is 0 Å². The van der Waals surface area contributed by atoms with Crippen molar-refractivity contribution in [2.24, 2.45) is 0 Å². The molecule has 0 saturated carbocycles. The topological polar surface area (TPSA) is 50.8 Å². The van der Waals surface area contributed by atoms with Crippen molar-refractivity contribution in [2.75, 3.05) is 7.11 Å². The van der Waals surface area contributed by atoms with Crippen LogP contribution in [0.3, 0.4) is 0 Å². The van der Waals surface area contributed by atoms with E-state index < -0.39 is 0 Å². The van der Waals surface area contributed by atoms with Crippen LogP contribution in [0.15, 0.2) is 18.2 Å². The van der Waals surface area contributed by atoms with Crippen molar-refractivity contribution in [3.8, 4) is 17.1 Å². The lowest BCUT2D eigenvalue weighted by Crippen LogP contribution is -1.89. The summed E-state index contributed by atoms with van der Waals surface area (Å²) < 4.78 is 5.17. The molecule has 1 aromatic carbocycles. The van der Waals surface area contributed by atoms with Crippen LogP contribution in [0.25, 0.3) is 11.4 Å². The number of hydrogen-bond acceptors (Lipinski definition) is 3. The number of nitrogens with zero attached hydrogens (tertiary/aromatic N) is 2. The first kappa shape index (κ1) is 10.3. The average molecular weight is 244 g/mol. The summed E-state index contributed by atoms with van der Waals surface area (Å²) in [6.07, 6.45) is 0. The first-order valence-electron chi connectivity index (χ1n) is 4.12. The van der Waals surface area contributed by atoms with E-state index in [2.05, 4.69) is 15.2 Å². The molecule has 0 aliphatic rings. The summed E-state index contributed by atoms with van der Waals surface area (Å²) in [5.41, 5.74) is 0.741. The van der Waals surface area contributed by atoms with Crippen molar-refractivity contribution in [1.82, 2.24) is 15.2 Å². The van der Waals surface area contributed by atoms with Gasteiger partial charge in [0.25, 0.3) is 0 Å². The molecule has 0 radical (unpaired) electrons. The quantitative estimate of drug-likeness (QED) is 0.883. The standard InChI is InChI=1S/C9H7Cl2N3O/c1-15-7-4-5(10)2-3-6(7)8-12-9(11)14-13-8/h2-4H,1H3,(H,12,13,14). The molecule has 0 fully saturated rings. The van der Waals surface area contributed by atoms with E-state index in [0.717, 1.165) is 5.56 Å². The van der Waals surface area contributed by atoms with Gasteiger partial charge in [-0.25, -0.2) is 5.10 Å². The Hall–Kier alpha value is -1.26. The van der Waals surface area contributed by atoms with E-state index in [1.807, 2.05) is 0 Å². The molecule has 0 saturated heterocycles. The number of nitrogens with one attached hydrogen (secondary N) is 1. The number of benzene rings is 1. The van der Waals surface area contributed by atoms with Crippen LogP contribution in [0.4, 0.5) is 0 Å². The molecule has 6 heteroatoms. The molecule has 2 rings (SSSR count). The molecule has 15 heavy (non-hydrogen) atoms. The number of hydrogen-bond donors (Lipinski definition) is 1. The maximum Gasteiger partial charge on any atom is 0.218 e. The molecule has 0 amide bonds. The number of rotatable bonds is 2. The molecule has 0 spiro atoms. The molecule has 0 aliphatic carbocycles. The number of aromatic nitrogens is 3. The molecule has 0 atom stereocenters. The van der Waals surface area contributed by atoms with Crippen molar-refractivity contribution in [3.63, 3.8) is 0 Å². The van der Waals surface area contributed by atoms with Crippen LogP contribution in [0.5, 0.6) is 5.75 Å². The van der Waals surface area contributed by atoms with Gasteiger partial charge in [0.2, 0.25) is 5.28 Å². The Kier molecular flexibility index (Phi) is 2.79. The lowest BCUT2D eigenvalue weighted by atomic mass is 10.2. The normalized spacial score (nSPS) is 10.3. The van der Waals surface area contributed by atoms with Gasteiger partial charge in [0.05, 0.1) is 12.7 Å². The lowest BCUT2D eigenvalue weighted by molar-refractivity contribution is 0.416. The fraction of sp³-hybridized carbons (Fsp3) is 0.111. The van der Waals surface area contributed by atoms with Crippen LogP contribution in [-0.2, 0) is 0 Å². The van der Waals surface area contributed by atoms with Gasteiger partial charge in [-0.2, -0.15) is 10.1 Å². The van der Waals surface area contributed by atoms with Gasteiger partial charge in [0, 0.05) is 5.02 Å². The molecule has 4 nitrogen and oxygen atoms in total. The lowest BCUT2D eigenvalue weighted by Gasteiger charge is -2.04. The highest BCUT2D eigenvalue weighted by atomic mass is 35.5. The third-order valence-electron chi connectivity index (χ3n) is 1.86. The first-order valence-corrected chi connectivity index (χ1v) is 4.88. The SMILES string of the molecule is COc1cc(Cl)ccc1-c1n[nH]c(Cl)n1. The maximum absolute atomic E-state index is 5.83. The van der Waals surface area contributed by atoms with Gasteiger partial charge >= 0.3 is 0 Å². The first-order chi connectivity index (χ1) is 7.20. The molecule has 1 N–H and O–H groups in total. The smallest absolute Gasteiger partial charge is 0.218 e. The Morgan fingerprint density at radius 2 is 2.13 bits per heavy atom. The summed E-state index contributed by atoms with van der Waals surface area (Å²) in [5, 5.41) is 7.31. The molecule has 1 aromatic heterocycles. The third kappa shape index (κ3) is 2.06. The van der Waals surface area contributed by atoms with Crippen molar-refractivity contribution >= 4 is 23.2 Å².